The van der Waals surface area contributed by atoms with Gasteiger partial charge in [-0.05, 0) is 37.8 Å². The van der Waals surface area contributed by atoms with Crippen molar-refractivity contribution in [2.45, 2.75) is 51.6 Å². The van der Waals surface area contributed by atoms with E-state index in [-0.39, 0.29) is 0 Å². The Balaban J connectivity index is 1.90. The Morgan fingerprint density at radius 1 is 1.35 bits per heavy atom. The van der Waals surface area contributed by atoms with Gasteiger partial charge >= 0.3 is 0 Å². The molecule has 0 unspecified atom stereocenters. The highest BCUT2D eigenvalue weighted by Crippen LogP contribution is 2.28. The maximum absolute atomic E-state index is 8.97. The Morgan fingerprint density at radius 2 is 2.12 bits per heavy atom. The summed E-state index contributed by atoms with van der Waals surface area (Å²) in [5.74, 6) is 0. The van der Waals surface area contributed by atoms with Crippen molar-refractivity contribution in [3.05, 3.63) is 21.9 Å². The van der Waals surface area contributed by atoms with E-state index in [2.05, 4.69) is 24.0 Å². The van der Waals surface area contributed by atoms with E-state index in [4.69, 9.17) is 5.11 Å². The summed E-state index contributed by atoms with van der Waals surface area (Å²) in [5, 5.41) is 8.97. The van der Waals surface area contributed by atoms with Crippen LogP contribution in [0.15, 0.2) is 12.1 Å². The van der Waals surface area contributed by atoms with Crippen LogP contribution >= 0.6 is 11.3 Å². The van der Waals surface area contributed by atoms with Gasteiger partial charge in [-0.25, -0.2) is 0 Å². The normalized spacial score (nSPS) is 16.4. The number of aryl methyl sites for hydroxylation is 1. The molecule has 1 aliphatic carbocycles. The highest BCUT2D eigenvalue weighted by Gasteiger charge is 2.24. The van der Waals surface area contributed by atoms with Gasteiger partial charge in [0.25, 0.3) is 0 Å². The van der Waals surface area contributed by atoms with E-state index >= 15 is 0 Å². The molecule has 1 heterocycles. The lowest BCUT2D eigenvalue weighted by atomic mass is 9.91. The van der Waals surface area contributed by atoms with Gasteiger partial charge in [0.05, 0.1) is 0 Å². The Bertz CT molecular complexity index is 333. The average molecular weight is 253 g/mol. The first-order valence-electron chi connectivity index (χ1n) is 6.76. The zero-order valence-electron chi connectivity index (χ0n) is 10.7. The topological polar surface area (TPSA) is 23.5 Å². The molecular weight excluding hydrogens is 230 g/mol. The van der Waals surface area contributed by atoms with E-state index in [0.29, 0.717) is 6.61 Å². The molecule has 1 aliphatic rings. The van der Waals surface area contributed by atoms with Gasteiger partial charge in [0, 0.05) is 35.5 Å². The fourth-order valence-electron chi connectivity index (χ4n) is 2.31. The average Bonchev–Trinajstić information content (AvgIpc) is 2.71. The fraction of sp³-hybridized carbons (Fsp3) is 0.714. The summed E-state index contributed by atoms with van der Waals surface area (Å²) in [6, 6.07) is 5.30. The molecule has 0 aromatic carbocycles. The van der Waals surface area contributed by atoms with Gasteiger partial charge in [-0.1, -0.05) is 13.3 Å². The van der Waals surface area contributed by atoms with Gasteiger partial charge < -0.3 is 5.11 Å². The summed E-state index contributed by atoms with van der Waals surface area (Å²) in [5.41, 5.74) is 0. The molecule has 2 nitrogen and oxygen atoms in total. The Morgan fingerprint density at radius 3 is 2.65 bits per heavy atom. The molecule has 96 valence electrons. The molecule has 0 saturated heterocycles. The van der Waals surface area contributed by atoms with E-state index in [0.717, 1.165) is 32.0 Å². The lowest BCUT2D eigenvalue weighted by molar-refractivity contribution is 0.110. The lowest BCUT2D eigenvalue weighted by Gasteiger charge is -2.37. The minimum absolute atomic E-state index is 0.313. The van der Waals surface area contributed by atoms with Crippen molar-refractivity contribution >= 4 is 11.3 Å². The number of nitrogens with zero attached hydrogens (tertiary/aromatic N) is 1. The van der Waals surface area contributed by atoms with Crippen molar-refractivity contribution in [3.8, 4) is 0 Å². The Kier molecular flexibility index (Phi) is 5.01. The molecule has 1 N–H and O–H groups in total. The van der Waals surface area contributed by atoms with Crippen molar-refractivity contribution in [2.24, 2.45) is 0 Å². The zero-order valence-corrected chi connectivity index (χ0v) is 11.5. The second-order valence-electron chi connectivity index (χ2n) is 4.85. The number of hydrogen-bond donors (Lipinski definition) is 1. The van der Waals surface area contributed by atoms with E-state index < -0.39 is 0 Å². The minimum atomic E-state index is 0.313. The van der Waals surface area contributed by atoms with Crippen LogP contribution in [0.25, 0.3) is 0 Å². The first-order valence-corrected chi connectivity index (χ1v) is 7.57. The molecule has 1 fully saturated rings. The summed E-state index contributed by atoms with van der Waals surface area (Å²) < 4.78 is 0. The van der Waals surface area contributed by atoms with Gasteiger partial charge in [0.2, 0.25) is 0 Å². The maximum atomic E-state index is 8.97. The largest absolute Gasteiger partial charge is 0.396 e. The number of rotatable bonds is 7. The maximum Gasteiger partial charge on any atom is 0.0443 e. The van der Waals surface area contributed by atoms with Crippen LogP contribution < -0.4 is 0 Å². The van der Waals surface area contributed by atoms with Crippen LogP contribution in [0.5, 0.6) is 0 Å². The summed E-state index contributed by atoms with van der Waals surface area (Å²) in [6.07, 6.45) is 6.12. The molecule has 1 aromatic heterocycles. The third-order valence-corrected chi connectivity index (χ3v) is 4.83. The minimum Gasteiger partial charge on any atom is -0.396 e. The first-order chi connectivity index (χ1) is 8.33. The van der Waals surface area contributed by atoms with Gasteiger partial charge in [-0.3, -0.25) is 4.90 Å². The smallest absolute Gasteiger partial charge is 0.0443 e. The lowest BCUT2D eigenvalue weighted by Crippen LogP contribution is -2.40. The van der Waals surface area contributed by atoms with Crippen molar-refractivity contribution in [1.82, 2.24) is 4.90 Å². The molecule has 2 rings (SSSR count). The summed E-state index contributed by atoms with van der Waals surface area (Å²) in [7, 11) is 0. The second kappa shape index (κ2) is 6.53. The van der Waals surface area contributed by atoms with E-state index in [1.807, 2.05) is 11.3 Å². The monoisotopic (exact) mass is 253 g/mol. The third-order valence-electron chi connectivity index (χ3n) is 3.62. The molecule has 0 bridgehead atoms. The molecular formula is C14H23NOS. The molecule has 0 atom stereocenters. The number of hydrogen-bond acceptors (Lipinski definition) is 3. The Labute approximate surface area is 108 Å². The van der Waals surface area contributed by atoms with Crippen LogP contribution in [0.2, 0.25) is 0 Å². The van der Waals surface area contributed by atoms with E-state index in [1.54, 1.807) is 0 Å². The number of aliphatic hydroxyl groups excluding tert-OH is 1. The van der Waals surface area contributed by atoms with Crippen molar-refractivity contribution in [2.75, 3.05) is 13.2 Å². The summed E-state index contributed by atoms with van der Waals surface area (Å²) >= 11 is 1.94. The molecule has 3 heteroatoms. The van der Waals surface area contributed by atoms with Crippen molar-refractivity contribution in [3.63, 3.8) is 0 Å². The van der Waals surface area contributed by atoms with Crippen molar-refractivity contribution < 1.29 is 5.11 Å². The predicted molar refractivity (Wildman–Crippen MR) is 73.4 cm³/mol. The van der Waals surface area contributed by atoms with Crippen molar-refractivity contribution in [1.29, 1.82) is 0 Å². The highest BCUT2D eigenvalue weighted by molar-refractivity contribution is 7.11. The predicted octanol–water partition coefficient (Wildman–Crippen LogP) is 3.05. The van der Waals surface area contributed by atoms with Crippen LogP contribution in [-0.2, 0) is 13.0 Å². The number of aliphatic hydroxyl groups is 1. The molecule has 0 amide bonds. The van der Waals surface area contributed by atoms with E-state index in [1.165, 1.54) is 29.0 Å². The van der Waals surface area contributed by atoms with Crippen LogP contribution in [0.3, 0.4) is 0 Å². The summed E-state index contributed by atoms with van der Waals surface area (Å²) in [6.45, 7) is 4.65. The number of thiophene rings is 1. The van der Waals surface area contributed by atoms with Crippen LogP contribution in [-0.4, -0.2) is 29.2 Å². The van der Waals surface area contributed by atoms with Gasteiger partial charge in [0.15, 0.2) is 0 Å². The highest BCUT2D eigenvalue weighted by atomic mass is 32.1. The molecule has 0 spiro atoms. The third kappa shape index (κ3) is 3.54. The molecule has 1 aromatic rings. The standard InChI is InChI=1S/C14H23NOS/c1-2-13-7-8-14(17-13)11-15(9-4-10-16)12-5-3-6-12/h7-8,12,16H,2-6,9-11H2,1H3. The second-order valence-corrected chi connectivity index (χ2v) is 6.11. The van der Waals surface area contributed by atoms with Gasteiger partial charge in [-0.2, -0.15) is 0 Å². The fourth-order valence-corrected chi connectivity index (χ4v) is 3.30. The summed E-state index contributed by atoms with van der Waals surface area (Å²) in [4.78, 5) is 5.52. The van der Waals surface area contributed by atoms with Crippen LogP contribution in [0.1, 0.15) is 42.4 Å². The zero-order chi connectivity index (χ0) is 12.1. The molecule has 0 aliphatic heterocycles. The molecule has 17 heavy (non-hydrogen) atoms. The van der Waals surface area contributed by atoms with Crippen LogP contribution in [0.4, 0.5) is 0 Å². The molecule has 0 radical (unpaired) electrons. The van der Waals surface area contributed by atoms with Gasteiger partial charge in [0.1, 0.15) is 0 Å². The quantitative estimate of drug-likeness (QED) is 0.807. The molecule has 1 saturated carbocycles. The Hall–Kier alpha value is -0.380. The van der Waals surface area contributed by atoms with Gasteiger partial charge in [-0.15, -0.1) is 11.3 Å². The van der Waals surface area contributed by atoms with Crippen LogP contribution in [0, 0.1) is 0 Å². The van der Waals surface area contributed by atoms with E-state index in [9.17, 15) is 0 Å². The first kappa shape index (κ1) is 13.1. The SMILES string of the molecule is CCc1ccc(CN(CCCO)C2CCC2)s1.